The Labute approximate surface area is 179 Å². The van der Waals surface area contributed by atoms with Crippen LogP contribution in [0.4, 0.5) is 5.82 Å². The van der Waals surface area contributed by atoms with Crippen molar-refractivity contribution in [2.75, 3.05) is 5.32 Å². The SMILES string of the molecule is CC(C)(C)c1cc(NC(=O)CCCn2c(=O)oc3ccccc32)n(-c2ccccn2)n1. The summed E-state index contributed by atoms with van der Waals surface area (Å²) in [5.74, 6) is 0.632. The number of hydrogen-bond donors (Lipinski definition) is 1. The Hall–Kier alpha value is -3.68. The number of carbonyl (C=O) groups is 1. The molecule has 0 fully saturated rings. The number of nitrogens with zero attached hydrogens (tertiary/aromatic N) is 4. The van der Waals surface area contributed by atoms with E-state index in [4.69, 9.17) is 4.42 Å². The van der Waals surface area contributed by atoms with E-state index in [2.05, 4.69) is 36.2 Å². The molecule has 3 aromatic heterocycles. The first kappa shape index (κ1) is 20.6. The lowest BCUT2D eigenvalue weighted by atomic mass is 9.92. The molecule has 31 heavy (non-hydrogen) atoms. The fourth-order valence-electron chi connectivity index (χ4n) is 3.32. The van der Waals surface area contributed by atoms with E-state index in [0.29, 0.717) is 30.2 Å². The second kappa shape index (κ2) is 8.22. The minimum Gasteiger partial charge on any atom is -0.408 e. The third-order valence-corrected chi connectivity index (χ3v) is 4.97. The lowest BCUT2D eigenvalue weighted by Gasteiger charge is -2.13. The van der Waals surface area contributed by atoms with Gasteiger partial charge in [0.1, 0.15) is 5.82 Å². The summed E-state index contributed by atoms with van der Waals surface area (Å²) in [6.07, 6.45) is 2.44. The zero-order chi connectivity index (χ0) is 22.0. The minimum atomic E-state index is -0.412. The average Bonchev–Trinajstić information content (AvgIpc) is 3.30. The van der Waals surface area contributed by atoms with E-state index in [1.54, 1.807) is 21.5 Å². The van der Waals surface area contributed by atoms with E-state index in [1.165, 1.54) is 0 Å². The van der Waals surface area contributed by atoms with Crippen LogP contribution in [0.25, 0.3) is 16.9 Å². The zero-order valence-corrected chi connectivity index (χ0v) is 17.8. The molecule has 0 unspecified atom stereocenters. The van der Waals surface area contributed by atoms with Gasteiger partial charge in [-0.1, -0.05) is 39.0 Å². The molecular weight excluding hydrogens is 394 g/mol. The molecule has 0 saturated heterocycles. The molecule has 1 aromatic carbocycles. The van der Waals surface area contributed by atoms with Gasteiger partial charge in [0.2, 0.25) is 5.91 Å². The molecule has 0 bridgehead atoms. The van der Waals surface area contributed by atoms with Crippen molar-refractivity contribution in [3.8, 4) is 5.82 Å². The van der Waals surface area contributed by atoms with Gasteiger partial charge < -0.3 is 9.73 Å². The molecule has 4 aromatic rings. The standard InChI is InChI=1S/C23H25N5O3/c1-23(2,3)18-15-20(28(26-18)19-11-6-7-13-24-19)25-21(29)12-8-14-27-16-9-4-5-10-17(16)31-22(27)30/h4-7,9-11,13,15H,8,12,14H2,1-3H3,(H,25,29). The minimum absolute atomic E-state index is 0.154. The van der Waals surface area contributed by atoms with E-state index in [9.17, 15) is 9.59 Å². The third kappa shape index (κ3) is 4.42. The van der Waals surface area contributed by atoms with E-state index in [1.807, 2.05) is 42.5 Å². The number of carbonyl (C=O) groups excluding carboxylic acids is 1. The van der Waals surface area contributed by atoms with Crippen molar-refractivity contribution in [1.29, 1.82) is 0 Å². The molecule has 0 radical (unpaired) electrons. The van der Waals surface area contributed by atoms with Gasteiger partial charge >= 0.3 is 5.76 Å². The Balaban J connectivity index is 1.47. The summed E-state index contributed by atoms with van der Waals surface area (Å²) in [4.78, 5) is 29.1. The van der Waals surface area contributed by atoms with Gasteiger partial charge in [0.25, 0.3) is 0 Å². The average molecular weight is 419 g/mol. The predicted octanol–water partition coefficient (Wildman–Crippen LogP) is 3.89. The molecule has 0 spiro atoms. The third-order valence-electron chi connectivity index (χ3n) is 4.97. The van der Waals surface area contributed by atoms with Gasteiger partial charge in [-0.25, -0.2) is 9.78 Å². The van der Waals surface area contributed by atoms with Crippen LogP contribution in [0.2, 0.25) is 0 Å². The molecule has 0 saturated carbocycles. The van der Waals surface area contributed by atoms with Gasteiger partial charge in [-0.05, 0) is 30.7 Å². The zero-order valence-electron chi connectivity index (χ0n) is 17.8. The van der Waals surface area contributed by atoms with Gasteiger partial charge in [-0.3, -0.25) is 9.36 Å². The Morgan fingerprint density at radius 2 is 1.90 bits per heavy atom. The predicted molar refractivity (Wildman–Crippen MR) is 118 cm³/mol. The van der Waals surface area contributed by atoms with Crippen LogP contribution in [-0.2, 0) is 16.8 Å². The number of oxazole rings is 1. The van der Waals surface area contributed by atoms with Crippen LogP contribution in [0.15, 0.2) is 63.9 Å². The fourth-order valence-corrected chi connectivity index (χ4v) is 3.32. The number of hydrogen-bond acceptors (Lipinski definition) is 5. The van der Waals surface area contributed by atoms with Crippen molar-refractivity contribution in [3.63, 3.8) is 0 Å². The number of anilines is 1. The number of para-hydroxylation sites is 2. The van der Waals surface area contributed by atoms with Crippen molar-refractivity contribution in [1.82, 2.24) is 19.3 Å². The van der Waals surface area contributed by atoms with Crippen LogP contribution < -0.4 is 11.1 Å². The number of fused-ring (bicyclic) bond motifs is 1. The summed E-state index contributed by atoms with van der Waals surface area (Å²) in [5.41, 5.74) is 1.95. The highest BCUT2D eigenvalue weighted by atomic mass is 16.4. The first-order valence-electron chi connectivity index (χ1n) is 10.2. The lowest BCUT2D eigenvalue weighted by molar-refractivity contribution is -0.116. The summed E-state index contributed by atoms with van der Waals surface area (Å²) >= 11 is 0. The van der Waals surface area contributed by atoms with Crippen molar-refractivity contribution in [2.45, 2.75) is 45.6 Å². The molecule has 0 aliphatic rings. The number of aryl methyl sites for hydroxylation is 1. The molecule has 8 nitrogen and oxygen atoms in total. The van der Waals surface area contributed by atoms with Gasteiger partial charge in [-0.2, -0.15) is 9.78 Å². The van der Waals surface area contributed by atoms with Gasteiger partial charge in [0.15, 0.2) is 11.4 Å². The number of nitrogens with one attached hydrogen (secondary N) is 1. The number of rotatable bonds is 6. The lowest BCUT2D eigenvalue weighted by Crippen LogP contribution is -2.18. The maximum Gasteiger partial charge on any atom is 0.419 e. The highest BCUT2D eigenvalue weighted by Gasteiger charge is 2.22. The van der Waals surface area contributed by atoms with Gasteiger partial charge in [0.05, 0.1) is 11.2 Å². The molecule has 0 atom stereocenters. The van der Waals surface area contributed by atoms with E-state index < -0.39 is 5.76 Å². The molecule has 3 heterocycles. The van der Waals surface area contributed by atoms with Crippen molar-refractivity contribution >= 4 is 22.8 Å². The first-order valence-corrected chi connectivity index (χ1v) is 10.2. The van der Waals surface area contributed by atoms with Gasteiger partial charge in [0, 0.05) is 30.6 Å². The fraction of sp³-hybridized carbons (Fsp3) is 0.304. The summed E-state index contributed by atoms with van der Waals surface area (Å²) in [7, 11) is 0. The van der Waals surface area contributed by atoms with E-state index in [0.717, 1.165) is 11.2 Å². The van der Waals surface area contributed by atoms with Crippen molar-refractivity contribution in [3.05, 3.63) is 71.0 Å². The second-order valence-corrected chi connectivity index (χ2v) is 8.40. The monoisotopic (exact) mass is 419 g/mol. The van der Waals surface area contributed by atoms with Gasteiger partial charge in [-0.15, -0.1) is 0 Å². The quantitative estimate of drug-likeness (QED) is 0.512. The van der Waals surface area contributed by atoms with Crippen molar-refractivity contribution < 1.29 is 9.21 Å². The van der Waals surface area contributed by atoms with Crippen molar-refractivity contribution in [2.24, 2.45) is 0 Å². The normalized spacial score (nSPS) is 11.7. The van der Waals surface area contributed by atoms with Crippen LogP contribution in [0, 0.1) is 0 Å². The van der Waals surface area contributed by atoms with E-state index in [-0.39, 0.29) is 17.7 Å². The Morgan fingerprint density at radius 1 is 1.13 bits per heavy atom. The van der Waals surface area contributed by atoms with Crippen LogP contribution in [0.3, 0.4) is 0 Å². The van der Waals surface area contributed by atoms with E-state index >= 15 is 0 Å². The number of amides is 1. The summed E-state index contributed by atoms with van der Waals surface area (Å²) in [6.45, 7) is 6.60. The van der Waals surface area contributed by atoms with Crippen LogP contribution in [0.1, 0.15) is 39.3 Å². The smallest absolute Gasteiger partial charge is 0.408 e. The number of pyridine rings is 1. The molecule has 0 aliphatic heterocycles. The number of benzene rings is 1. The molecule has 160 valence electrons. The molecular formula is C23H25N5O3. The summed E-state index contributed by atoms with van der Waals surface area (Å²) in [6, 6.07) is 14.7. The molecule has 8 heteroatoms. The highest BCUT2D eigenvalue weighted by Crippen LogP contribution is 2.26. The Morgan fingerprint density at radius 3 is 2.65 bits per heavy atom. The molecule has 4 rings (SSSR count). The highest BCUT2D eigenvalue weighted by molar-refractivity contribution is 5.90. The van der Waals surface area contributed by atoms with Crippen LogP contribution >= 0.6 is 0 Å². The molecule has 1 N–H and O–H groups in total. The summed E-state index contributed by atoms with van der Waals surface area (Å²) < 4.78 is 8.44. The Bertz CT molecular complexity index is 1260. The topological polar surface area (TPSA) is 95.0 Å². The van der Waals surface area contributed by atoms with Crippen LogP contribution in [-0.4, -0.2) is 25.2 Å². The number of aromatic nitrogens is 4. The van der Waals surface area contributed by atoms with Crippen LogP contribution in [0.5, 0.6) is 0 Å². The largest absolute Gasteiger partial charge is 0.419 e. The first-order chi connectivity index (χ1) is 14.8. The molecule has 0 aliphatic carbocycles. The Kier molecular flexibility index (Phi) is 5.46. The maximum atomic E-state index is 12.6. The maximum absolute atomic E-state index is 12.6. The summed E-state index contributed by atoms with van der Waals surface area (Å²) in [5, 5.41) is 7.60. The second-order valence-electron chi connectivity index (χ2n) is 8.40. The molecule has 1 amide bonds.